The molecule has 0 radical (unpaired) electrons. The lowest BCUT2D eigenvalue weighted by molar-refractivity contribution is -0.111. The van der Waals surface area contributed by atoms with Gasteiger partial charge in [0.2, 0.25) is 0 Å². The molecule has 9 heteroatoms. The lowest BCUT2D eigenvalue weighted by atomic mass is 9.62. The quantitative estimate of drug-likeness (QED) is 0.138. The first kappa shape index (κ1) is 38.0. The van der Waals surface area contributed by atoms with Crippen LogP contribution < -0.4 is 16.4 Å². The number of hydrogen-bond donors (Lipinski definition) is 3. The number of likely N-dealkylation sites (tertiary alicyclic amines) is 1. The monoisotopic (exact) mass is 662 g/mol. The number of nitrogens with two attached hydrogens (primary N) is 1. The van der Waals surface area contributed by atoms with E-state index in [-0.39, 0.29) is 11.5 Å². The third kappa shape index (κ3) is 11.1. The molecule has 0 aromatic carbocycles. The summed E-state index contributed by atoms with van der Waals surface area (Å²) in [6.07, 6.45) is 23.0. The molecule has 2 aromatic rings. The second-order valence-corrected chi connectivity index (χ2v) is 14.5. The molecular weight excluding hydrogens is 605 g/mol. The van der Waals surface area contributed by atoms with E-state index in [0.717, 1.165) is 54.0 Å². The predicted molar refractivity (Wildman–Crippen MR) is 198 cm³/mol. The van der Waals surface area contributed by atoms with Crippen molar-refractivity contribution >= 4 is 40.0 Å². The molecule has 1 saturated carbocycles. The van der Waals surface area contributed by atoms with Gasteiger partial charge in [0, 0.05) is 50.0 Å². The molecule has 2 amide bonds. The van der Waals surface area contributed by atoms with Crippen LogP contribution in [0.2, 0.25) is 0 Å². The Morgan fingerprint density at radius 3 is 2.51 bits per heavy atom. The van der Waals surface area contributed by atoms with Crippen LogP contribution in [0.25, 0.3) is 11.1 Å². The molecule has 3 heterocycles. The number of thiazole rings is 1. The number of carbonyl (C=O) groups is 2. The van der Waals surface area contributed by atoms with Gasteiger partial charge >= 0.3 is 0 Å². The van der Waals surface area contributed by atoms with Crippen LogP contribution in [0.3, 0.4) is 0 Å². The number of hydrogen-bond acceptors (Lipinski definition) is 7. The Kier molecular flexibility index (Phi) is 15.2. The van der Waals surface area contributed by atoms with Gasteiger partial charge in [-0.2, -0.15) is 0 Å². The standard InChI is InChI=1S/C26H34N6O2S.C12H24/c1-5-7-9-19(22-10-8-12-32(22)4)23-16-30-26(35-23)20(14-27)25(34)31-21-13-18(15-29-17(21)3)24(33)28-11-6-2;1-4-5-6-7-8-12(3)9-11(2)10-12/h7,9,13-16H,5-6,8,10-12,27H2,1-4H3,(H,28,33)(H,31,34);11H,4-10H2,1-3H3/b9-7+,20-14-,22-19+;. The summed E-state index contributed by atoms with van der Waals surface area (Å²) < 4.78 is 0. The fraction of sp³-hybridized carbons (Fsp3) is 0.579. The van der Waals surface area contributed by atoms with Gasteiger partial charge in [-0.15, -0.1) is 11.3 Å². The number of aromatic nitrogens is 2. The average Bonchev–Trinajstić information content (AvgIpc) is 3.69. The first-order valence-electron chi connectivity index (χ1n) is 17.6. The number of allylic oxidation sites excluding steroid dienone is 4. The molecule has 0 unspecified atom stereocenters. The number of pyridine rings is 1. The minimum atomic E-state index is -0.402. The van der Waals surface area contributed by atoms with E-state index in [2.05, 4.69) is 72.4 Å². The normalized spacial score (nSPS) is 20.4. The summed E-state index contributed by atoms with van der Waals surface area (Å²) >= 11 is 1.44. The van der Waals surface area contributed by atoms with E-state index >= 15 is 0 Å². The second-order valence-electron chi connectivity index (χ2n) is 13.5. The van der Waals surface area contributed by atoms with E-state index in [4.69, 9.17) is 5.73 Å². The highest BCUT2D eigenvalue weighted by Gasteiger charge is 2.36. The summed E-state index contributed by atoms with van der Waals surface area (Å²) in [6, 6.07) is 1.63. The Bertz CT molecular complexity index is 1420. The maximum Gasteiger partial charge on any atom is 0.260 e. The van der Waals surface area contributed by atoms with Crippen molar-refractivity contribution in [3.8, 4) is 0 Å². The van der Waals surface area contributed by atoms with Crippen LogP contribution in [0, 0.1) is 18.3 Å². The number of nitrogens with one attached hydrogen (secondary N) is 2. The Morgan fingerprint density at radius 2 is 1.89 bits per heavy atom. The van der Waals surface area contributed by atoms with E-state index in [0.29, 0.717) is 28.5 Å². The molecule has 2 aromatic heterocycles. The van der Waals surface area contributed by atoms with E-state index < -0.39 is 5.91 Å². The second kappa shape index (κ2) is 18.8. The fourth-order valence-electron chi connectivity index (χ4n) is 6.59. The van der Waals surface area contributed by atoms with Crippen molar-refractivity contribution < 1.29 is 9.59 Å². The Labute approximate surface area is 287 Å². The SMILES string of the molecule is CC/C=C/C(=C1/CCCN1C)c1cnc(/C(=C\N)C(=O)Nc2cc(C(=O)NCCC)cnc2C)s1.CCCCCCC1(C)CC(C)C1. The van der Waals surface area contributed by atoms with Gasteiger partial charge in [-0.1, -0.05) is 72.5 Å². The number of rotatable bonds is 14. The topological polar surface area (TPSA) is 113 Å². The van der Waals surface area contributed by atoms with Crippen LogP contribution in [-0.2, 0) is 4.79 Å². The molecule has 0 atom stereocenters. The summed E-state index contributed by atoms with van der Waals surface area (Å²) in [7, 11) is 2.11. The largest absolute Gasteiger partial charge is 0.404 e. The van der Waals surface area contributed by atoms with Crippen LogP contribution in [0.4, 0.5) is 5.69 Å². The molecule has 47 heavy (non-hydrogen) atoms. The van der Waals surface area contributed by atoms with Gasteiger partial charge in [-0.05, 0) is 69.3 Å². The average molecular weight is 663 g/mol. The van der Waals surface area contributed by atoms with E-state index in [1.807, 2.05) is 6.92 Å². The lowest BCUT2D eigenvalue weighted by Gasteiger charge is -2.44. The summed E-state index contributed by atoms with van der Waals surface area (Å²) in [6.45, 7) is 14.6. The summed E-state index contributed by atoms with van der Waals surface area (Å²) in [5, 5.41) is 6.20. The molecule has 1 aliphatic heterocycles. The zero-order valence-electron chi connectivity index (χ0n) is 29.9. The van der Waals surface area contributed by atoms with Gasteiger partial charge in [-0.25, -0.2) is 4.98 Å². The Hall–Kier alpha value is -3.46. The number of carbonyl (C=O) groups excluding carboxylic acids is 2. The smallest absolute Gasteiger partial charge is 0.260 e. The zero-order valence-corrected chi connectivity index (χ0v) is 30.7. The molecule has 1 aliphatic carbocycles. The van der Waals surface area contributed by atoms with Crippen molar-refractivity contribution in [2.45, 2.75) is 112 Å². The summed E-state index contributed by atoms with van der Waals surface area (Å²) in [5.74, 6) is 0.383. The number of amides is 2. The number of anilines is 1. The minimum Gasteiger partial charge on any atom is -0.404 e. The van der Waals surface area contributed by atoms with Crippen LogP contribution in [0.5, 0.6) is 0 Å². The van der Waals surface area contributed by atoms with E-state index in [1.165, 1.54) is 74.4 Å². The van der Waals surface area contributed by atoms with Crippen molar-refractivity contribution in [1.29, 1.82) is 0 Å². The van der Waals surface area contributed by atoms with E-state index in [1.54, 1.807) is 19.2 Å². The first-order valence-corrected chi connectivity index (χ1v) is 18.4. The van der Waals surface area contributed by atoms with E-state index in [9.17, 15) is 9.59 Å². The number of nitrogens with zero attached hydrogens (tertiary/aromatic N) is 3. The highest BCUT2D eigenvalue weighted by molar-refractivity contribution is 7.14. The minimum absolute atomic E-state index is 0.230. The van der Waals surface area contributed by atoms with Crippen LogP contribution in [0.1, 0.15) is 131 Å². The van der Waals surface area contributed by atoms with Crippen molar-refractivity contribution in [1.82, 2.24) is 20.2 Å². The van der Waals surface area contributed by atoms with Crippen molar-refractivity contribution in [2.75, 3.05) is 25.5 Å². The molecular formula is C38H58N6O2S. The van der Waals surface area contributed by atoms with Crippen LogP contribution in [0.15, 0.2) is 42.5 Å². The van der Waals surface area contributed by atoms with Crippen molar-refractivity contribution in [2.24, 2.45) is 17.1 Å². The molecule has 2 fully saturated rings. The Morgan fingerprint density at radius 1 is 1.13 bits per heavy atom. The number of aryl methyl sites for hydroxylation is 1. The maximum atomic E-state index is 13.2. The molecule has 4 N–H and O–H groups in total. The highest BCUT2D eigenvalue weighted by atomic mass is 32.1. The first-order chi connectivity index (χ1) is 22.5. The summed E-state index contributed by atoms with van der Waals surface area (Å²) in [5.41, 5.74) is 10.7. The van der Waals surface area contributed by atoms with Gasteiger partial charge in [0.15, 0.2) is 0 Å². The summed E-state index contributed by atoms with van der Waals surface area (Å²) in [4.78, 5) is 37.5. The van der Waals surface area contributed by atoms with Crippen LogP contribution in [-0.4, -0.2) is 46.8 Å². The molecule has 0 spiro atoms. The molecule has 1 saturated heterocycles. The van der Waals surface area contributed by atoms with Gasteiger partial charge in [0.25, 0.3) is 11.8 Å². The van der Waals surface area contributed by atoms with Crippen LogP contribution >= 0.6 is 11.3 Å². The molecule has 2 aliphatic rings. The third-order valence-electron chi connectivity index (χ3n) is 9.06. The number of unbranched alkanes of at least 4 members (excludes halogenated alkanes) is 3. The van der Waals surface area contributed by atoms with Crippen molar-refractivity contribution in [3.05, 3.63) is 63.7 Å². The zero-order chi connectivity index (χ0) is 34.4. The molecule has 4 rings (SSSR count). The van der Waals surface area contributed by atoms with Gasteiger partial charge < -0.3 is 21.3 Å². The lowest BCUT2D eigenvalue weighted by Crippen LogP contribution is -2.32. The fourth-order valence-corrected chi connectivity index (χ4v) is 7.58. The third-order valence-corrected chi connectivity index (χ3v) is 10.1. The van der Waals surface area contributed by atoms with Gasteiger partial charge in [-0.3, -0.25) is 14.6 Å². The molecule has 0 bridgehead atoms. The van der Waals surface area contributed by atoms with Gasteiger partial charge in [0.1, 0.15) is 5.01 Å². The predicted octanol–water partition coefficient (Wildman–Crippen LogP) is 8.72. The van der Waals surface area contributed by atoms with Gasteiger partial charge in [0.05, 0.1) is 27.4 Å². The van der Waals surface area contributed by atoms with Crippen molar-refractivity contribution in [3.63, 3.8) is 0 Å². The Balaban J connectivity index is 0.000000420. The molecule has 258 valence electrons. The maximum absolute atomic E-state index is 13.2. The molecule has 8 nitrogen and oxygen atoms in total. The highest BCUT2D eigenvalue weighted by Crippen LogP contribution is 2.48.